The van der Waals surface area contributed by atoms with E-state index in [0.717, 1.165) is 0 Å². The molecule has 0 aromatic heterocycles. The zero-order valence-corrected chi connectivity index (χ0v) is 16.5. The molecular weight excluding hydrogens is 377 g/mol. The lowest BCUT2D eigenvalue weighted by atomic mass is 9.97. The van der Waals surface area contributed by atoms with Crippen molar-refractivity contribution in [3.63, 3.8) is 0 Å². The minimum atomic E-state index is -0.705. The van der Waals surface area contributed by atoms with Gasteiger partial charge in [0.05, 0.1) is 39.2 Å². The molecule has 1 heterocycles. The topological polar surface area (TPSA) is 66.0 Å². The number of anilines is 1. The molecule has 6 nitrogen and oxygen atoms in total. The molecule has 29 heavy (non-hydrogen) atoms. The number of carbonyl (C=O) groups is 1. The van der Waals surface area contributed by atoms with Gasteiger partial charge in [0.15, 0.2) is 11.5 Å². The number of methoxy groups -OCH3 is 3. The van der Waals surface area contributed by atoms with Gasteiger partial charge in [-0.3, -0.25) is 4.79 Å². The molecule has 0 saturated carbocycles. The van der Waals surface area contributed by atoms with Crippen molar-refractivity contribution in [3.05, 3.63) is 71.6 Å². The van der Waals surface area contributed by atoms with Gasteiger partial charge in [-0.2, -0.15) is 0 Å². The molecule has 1 atom stereocenters. The smallest absolute Gasteiger partial charge is 0.255 e. The van der Waals surface area contributed by atoms with Crippen LogP contribution in [-0.2, 0) is 9.53 Å². The number of halogens is 1. The second-order valence-corrected chi connectivity index (χ2v) is 6.23. The van der Waals surface area contributed by atoms with Crippen molar-refractivity contribution in [1.82, 2.24) is 0 Å². The van der Waals surface area contributed by atoms with E-state index in [1.807, 2.05) is 0 Å². The highest BCUT2D eigenvalue weighted by molar-refractivity contribution is 6.06. The first-order valence-electron chi connectivity index (χ1n) is 8.86. The van der Waals surface area contributed by atoms with Crippen molar-refractivity contribution in [2.75, 3.05) is 33.3 Å². The summed E-state index contributed by atoms with van der Waals surface area (Å²) < 4.78 is 36.0. The first-order chi connectivity index (χ1) is 14.0. The van der Waals surface area contributed by atoms with E-state index in [9.17, 15) is 9.18 Å². The van der Waals surface area contributed by atoms with E-state index >= 15 is 0 Å². The van der Waals surface area contributed by atoms with Gasteiger partial charge in [0, 0.05) is 0 Å². The lowest BCUT2D eigenvalue weighted by Gasteiger charge is -2.19. The molecule has 1 N–H and O–H groups in total. The lowest BCUT2D eigenvalue weighted by Crippen LogP contribution is -2.19. The molecule has 2 aromatic rings. The van der Waals surface area contributed by atoms with E-state index in [0.29, 0.717) is 34.0 Å². The standard InChI is InChI=1S/C22H22FNO5/c1-5-13-12-29-20(14-10-17(26-2)21(28-4)18(11-14)27-3)19(13)22(25)24-16-9-7-6-8-15(16)23/h5-11,20H,1,12H2,2-4H3,(H,24,25). The molecular formula is C22H22FNO5. The maximum Gasteiger partial charge on any atom is 0.255 e. The van der Waals surface area contributed by atoms with E-state index in [2.05, 4.69) is 11.9 Å². The highest BCUT2D eigenvalue weighted by Gasteiger charge is 2.33. The van der Waals surface area contributed by atoms with Crippen LogP contribution < -0.4 is 19.5 Å². The Balaban J connectivity index is 2.01. The number of amides is 1. The molecule has 7 heteroatoms. The summed E-state index contributed by atoms with van der Waals surface area (Å²) in [6.07, 6.45) is 0.859. The highest BCUT2D eigenvalue weighted by Crippen LogP contribution is 2.44. The average molecular weight is 399 g/mol. The summed E-state index contributed by atoms with van der Waals surface area (Å²) in [6, 6.07) is 9.40. The summed E-state index contributed by atoms with van der Waals surface area (Å²) in [5.41, 5.74) is 1.69. The van der Waals surface area contributed by atoms with Crippen LogP contribution in [0.5, 0.6) is 17.2 Å². The van der Waals surface area contributed by atoms with Gasteiger partial charge in [0.25, 0.3) is 5.91 Å². The van der Waals surface area contributed by atoms with Crippen LogP contribution in [0.25, 0.3) is 0 Å². The summed E-state index contributed by atoms with van der Waals surface area (Å²) in [7, 11) is 4.52. The number of para-hydroxylation sites is 1. The number of ether oxygens (including phenoxy) is 4. The Labute approximate surface area is 168 Å². The Hall–Kier alpha value is -3.32. The molecule has 1 aliphatic heterocycles. The zero-order chi connectivity index (χ0) is 21.0. The van der Waals surface area contributed by atoms with E-state index in [1.165, 1.54) is 33.5 Å². The monoisotopic (exact) mass is 399 g/mol. The lowest BCUT2D eigenvalue weighted by molar-refractivity contribution is -0.113. The van der Waals surface area contributed by atoms with Gasteiger partial charge in [0.1, 0.15) is 11.9 Å². The van der Waals surface area contributed by atoms with Crippen LogP contribution in [-0.4, -0.2) is 33.8 Å². The Bertz CT molecular complexity index is 944. The van der Waals surface area contributed by atoms with Gasteiger partial charge in [-0.15, -0.1) is 0 Å². The summed E-state index contributed by atoms with van der Waals surface area (Å²) >= 11 is 0. The SMILES string of the molecule is C=CC1=C(C(=O)Nc2ccccc2F)C(c2cc(OC)c(OC)c(OC)c2)OC1. The molecule has 0 bridgehead atoms. The number of carbonyl (C=O) groups excluding carboxylic acids is 1. The predicted octanol–water partition coefficient (Wildman–Crippen LogP) is 4.04. The molecule has 0 spiro atoms. The molecule has 0 saturated heterocycles. The van der Waals surface area contributed by atoms with Crippen LogP contribution >= 0.6 is 0 Å². The van der Waals surface area contributed by atoms with Crippen molar-refractivity contribution < 1.29 is 28.1 Å². The van der Waals surface area contributed by atoms with E-state index < -0.39 is 17.8 Å². The maximum atomic E-state index is 14.0. The zero-order valence-electron chi connectivity index (χ0n) is 16.5. The van der Waals surface area contributed by atoms with Gasteiger partial charge in [0.2, 0.25) is 5.75 Å². The number of hydrogen-bond donors (Lipinski definition) is 1. The normalized spacial score (nSPS) is 15.8. The number of benzene rings is 2. The second-order valence-electron chi connectivity index (χ2n) is 6.23. The molecule has 2 aromatic carbocycles. The van der Waals surface area contributed by atoms with Gasteiger partial charge in [-0.1, -0.05) is 24.8 Å². The van der Waals surface area contributed by atoms with Gasteiger partial charge in [-0.05, 0) is 35.4 Å². The van der Waals surface area contributed by atoms with Crippen molar-refractivity contribution >= 4 is 11.6 Å². The molecule has 0 fully saturated rings. The Morgan fingerprint density at radius 3 is 2.38 bits per heavy atom. The van der Waals surface area contributed by atoms with E-state index in [-0.39, 0.29) is 12.3 Å². The highest BCUT2D eigenvalue weighted by atomic mass is 19.1. The fourth-order valence-electron chi connectivity index (χ4n) is 3.20. The fourth-order valence-corrected chi connectivity index (χ4v) is 3.20. The summed E-state index contributed by atoms with van der Waals surface area (Å²) in [4.78, 5) is 13.0. The Kier molecular flexibility index (Phi) is 6.19. The van der Waals surface area contributed by atoms with Crippen molar-refractivity contribution in [2.24, 2.45) is 0 Å². The first kappa shape index (κ1) is 20.4. The molecule has 3 rings (SSSR count). The molecule has 1 unspecified atom stereocenters. The predicted molar refractivity (Wildman–Crippen MR) is 107 cm³/mol. The van der Waals surface area contributed by atoms with E-state index in [1.54, 1.807) is 30.3 Å². The van der Waals surface area contributed by atoms with Crippen LogP contribution in [0.4, 0.5) is 10.1 Å². The average Bonchev–Trinajstić information content (AvgIpc) is 3.18. The van der Waals surface area contributed by atoms with E-state index in [4.69, 9.17) is 18.9 Å². The van der Waals surface area contributed by atoms with Crippen LogP contribution in [0, 0.1) is 5.82 Å². The molecule has 0 radical (unpaired) electrons. The van der Waals surface area contributed by atoms with Crippen LogP contribution in [0.1, 0.15) is 11.7 Å². The Morgan fingerprint density at radius 2 is 1.83 bits per heavy atom. The maximum absolute atomic E-state index is 14.0. The fraction of sp³-hybridized carbons (Fsp3) is 0.227. The van der Waals surface area contributed by atoms with Gasteiger partial charge in [-0.25, -0.2) is 4.39 Å². The van der Waals surface area contributed by atoms with Gasteiger partial charge < -0.3 is 24.3 Å². The third-order valence-corrected chi connectivity index (χ3v) is 4.62. The van der Waals surface area contributed by atoms with Gasteiger partial charge >= 0.3 is 0 Å². The van der Waals surface area contributed by atoms with Crippen molar-refractivity contribution in [1.29, 1.82) is 0 Å². The second kappa shape index (κ2) is 8.79. The first-order valence-corrected chi connectivity index (χ1v) is 8.86. The van der Waals surface area contributed by atoms with Crippen molar-refractivity contribution in [3.8, 4) is 17.2 Å². The summed E-state index contributed by atoms with van der Waals surface area (Å²) in [6.45, 7) is 3.96. The van der Waals surface area contributed by atoms with Crippen LogP contribution in [0.3, 0.4) is 0 Å². The number of rotatable bonds is 7. The minimum absolute atomic E-state index is 0.0870. The quantitative estimate of drug-likeness (QED) is 0.761. The Morgan fingerprint density at radius 1 is 1.17 bits per heavy atom. The molecule has 1 aliphatic rings. The van der Waals surface area contributed by atoms with Crippen molar-refractivity contribution in [2.45, 2.75) is 6.10 Å². The van der Waals surface area contributed by atoms with Crippen LogP contribution in [0.15, 0.2) is 60.2 Å². The third kappa shape index (κ3) is 3.95. The summed E-state index contributed by atoms with van der Waals surface area (Å²) in [5, 5.41) is 2.61. The molecule has 1 amide bonds. The molecule has 0 aliphatic carbocycles. The minimum Gasteiger partial charge on any atom is -0.493 e. The third-order valence-electron chi connectivity index (χ3n) is 4.62. The summed E-state index contributed by atoms with van der Waals surface area (Å²) in [5.74, 6) is 0.311. The largest absolute Gasteiger partial charge is 0.493 e. The number of nitrogens with one attached hydrogen (secondary N) is 1. The molecule has 152 valence electrons. The number of hydrogen-bond acceptors (Lipinski definition) is 5. The van der Waals surface area contributed by atoms with Crippen LogP contribution in [0.2, 0.25) is 0 Å².